The molecule has 0 spiro atoms. The molecule has 5 saturated heterocycles. The zero-order valence-corrected chi connectivity index (χ0v) is 39.3. The Labute approximate surface area is 390 Å². The van der Waals surface area contributed by atoms with E-state index in [1.807, 2.05) is 0 Å². The number of amides is 5. The summed E-state index contributed by atoms with van der Waals surface area (Å²) in [5, 5.41) is 18.0. The number of hydrogen-bond donors (Lipinski definition) is 4. The molecule has 4 N–H and O–H groups in total. The smallest absolute Gasteiger partial charge is 0.327 e. The molecule has 67 heavy (non-hydrogen) atoms. The first-order valence-electron chi connectivity index (χ1n) is 22.4. The van der Waals surface area contributed by atoms with Crippen molar-refractivity contribution in [3.63, 3.8) is 0 Å². The van der Waals surface area contributed by atoms with Crippen LogP contribution in [0.15, 0.2) is 60.7 Å². The molecule has 7 rings (SSSR count). The number of carbonyl (C=O) groups excluding carboxylic acids is 6. The Hall–Kier alpha value is -5.49. The van der Waals surface area contributed by atoms with Gasteiger partial charge in [-0.3, -0.25) is 28.8 Å². The van der Waals surface area contributed by atoms with Gasteiger partial charge in [0.25, 0.3) is 11.8 Å². The molecular weight excluding hydrogens is 915 g/mol. The van der Waals surface area contributed by atoms with Crippen LogP contribution in [0.5, 0.6) is 0 Å². The third-order valence-corrected chi connectivity index (χ3v) is 15.0. The van der Waals surface area contributed by atoms with E-state index in [0.29, 0.717) is 62.5 Å². The normalized spacial score (nSPS) is 27.5. The van der Waals surface area contributed by atoms with Crippen LogP contribution in [0.1, 0.15) is 85.4 Å². The predicted octanol–water partition coefficient (Wildman–Crippen LogP) is 0.279. The summed E-state index contributed by atoms with van der Waals surface area (Å²) in [5.41, 5.74) is 0.818. The average Bonchev–Trinajstić information content (AvgIpc) is 3.63. The number of nitrogens with one attached hydrogen (secondary N) is 3. The monoisotopic (exact) mass is 973 g/mol. The van der Waals surface area contributed by atoms with Crippen LogP contribution >= 0.6 is 0 Å². The van der Waals surface area contributed by atoms with Crippen molar-refractivity contribution < 1.29 is 65.0 Å². The number of nitrogens with zero attached hydrogens (tertiary/aromatic N) is 4. The summed E-state index contributed by atoms with van der Waals surface area (Å²) in [6, 6.07) is 11.0. The van der Waals surface area contributed by atoms with E-state index in [4.69, 9.17) is 9.47 Å². The molecule has 0 radical (unpaired) electrons. The Bertz CT molecular complexity index is 2380. The first-order valence-corrected chi connectivity index (χ1v) is 26.1. The molecule has 5 aliphatic heterocycles. The third kappa shape index (κ3) is 12.7. The number of aliphatic carboxylic acids is 1. The summed E-state index contributed by atoms with van der Waals surface area (Å²) < 4.78 is 61.9. The van der Waals surface area contributed by atoms with E-state index in [9.17, 15) is 55.5 Å². The van der Waals surface area contributed by atoms with E-state index in [1.54, 1.807) is 67.6 Å². The van der Waals surface area contributed by atoms with Crippen molar-refractivity contribution in [2.24, 2.45) is 0 Å². The Kier molecular flexibility index (Phi) is 16.8. The summed E-state index contributed by atoms with van der Waals surface area (Å²) in [5.74, 6) is -4.12. The number of fused-ring (bicyclic) bond motifs is 2. The summed E-state index contributed by atoms with van der Waals surface area (Å²) >= 11 is 0. The highest BCUT2D eigenvalue weighted by atomic mass is 32.2. The highest BCUT2D eigenvalue weighted by Crippen LogP contribution is 2.29. The molecule has 21 nitrogen and oxygen atoms in total. The molecule has 23 heteroatoms. The standard InChI is InChI=1S/C25H34N4O8S.C19H25N3O6S/c1-3-36-25-19(13-21(30)37-25)27-23(32)20-15-28(38(2,34)35)14-17-11-7-8-12-18(24(33)29(17)20)26-22(31)16-9-5-4-6-10-16;1-29(27,28)21-11-14-9-5-6-10-15(18(24)22(14)16(12-21)19(25)26)20-17(23)13-7-3-2-4-8-13/h4-6,9-10,17-20,25H,3,7-8,11-15H2,1-2H3,(H,26,31)(H,27,32);2-4,7-8,14-16H,5-6,9-12H2,1H3,(H,20,23)(H,25,26)/t17-,18-,19?,20-,25?;14-,15-,16-/m00/s1. The SMILES string of the molecule is CCOC1OC(=O)CC1NC(=O)[C@@H]1CN(S(C)(=O)=O)C[C@@H]2CCCC[C@H](NC(=O)c3ccccc3)C(=O)N21.CS(=O)(=O)N1C[C@@H]2CCCC[C@H](NC(=O)c3ccccc3)C(=O)N2[C@H](C(=O)O)C1. The summed E-state index contributed by atoms with van der Waals surface area (Å²) in [4.78, 5) is 92.6. The largest absolute Gasteiger partial charge is 0.480 e. The van der Waals surface area contributed by atoms with Crippen LogP contribution in [-0.2, 0) is 53.5 Å². The maximum absolute atomic E-state index is 13.9. The molecule has 0 saturated carbocycles. The zero-order chi connectivity index (χ0) is 48.6. The molecule has 0 aliphatic carbocycles. The van der Waals surface area contributed by atoms with Crippen molar-refractivity contribution in [2.75, 3.05) is 45.3 Å². The molecule has 2 unspecified atom stereocenters. The minimum atomic E-state index is -3.66. The first kappa shape index (κ1) is 50.9. The minimum absolute atomic E-state index is 0.0559. The van der Waals surface area contributed by atoms with E-state index in [2.05, 4.69) is 16.0 Å². The Balaban J connectivity index is 0.000000229. The van der Waals surface area contributed by atoms with Gasteiger partial charge >= 0.3 is 11.9 Å². The predicted molar refractivity (Wildman–Crippen MR) is 240 cm³/mol. The van der Waals surface area contributed by atoms with Gasteiger partial charge < -0.3 is 40.3 Å². The number of carboxylic acid groups (broad SMARTS) is 1. The second kappa shape index (κ2) is 22.1. The van der Waals surface area contributed by atoms with Crippen molar-refractivity contribution >= 4 is 61.5 Å². The van der Waals surface area contributed by atoms with Crippen LogP contribution in [0.4, 0.5) is 0 Å². The van der Waals surface area contributed by atoms with Gasteiger partial charge in [-0.1, -0.05) is 62.1 Å². The molecule has 2 aromatic carbocycles. The van der Waals surface area contributed by atoms with Gasteiger partial charge in [0.1, 0.15) is 30.2 Å². The third-order valence-electron chi connectivity index (χ3n) is 12.5. The molecule has 8 atom stereocenters. The van der Waals surface area contributed by atoms with Crippen molar-refractivity contribution in [1.82, 2.24) is 34.4 Å². The number of benzene rings is 2. The highest BCUT2D eigenvalue weighted by Gasteiger charge is 2.49. The average molecular weight is 974 g/mol. The second-order valence-electron chi connectivity index (χ2n) is 17.3. The Morgan fingerprint density at radius 1 is 0.657 bits per heavy atom. The number of cyclic esters (lactones) is 1. The molecule has 5 aliphatic rings. The first-order chi connectivity index (χ1) is 31.8. The molecular formula is C44H59N7O14S2. The van der Waals surface area contributed by atoms with Crippen LogP contribution in [0.25, 0.3) is 0 Å². The lowest BCUT2D eigenvalue weighted by Gasteiger charge is -2.47. The summed E-state index contributed by atoms with van der Waals surface area (Å²) in [6.45, 7) is 1.56. The number of piperazine rings is 2. The second-order valence-corrected chi connectivity index (χ2v) is 21.3. The van der Waals surface area contributed by atoms with Gasteiger partial charge in [0.05, 0.1) is 18.9 Å². The van der Waals surface area contributed by atoms with E-state index in [1.165, 1.54) is 14.1 Å². The molecule has 366 valence electrons. The van der Waals surface area contributed by atoms with E-state index < -0.39 is 110 Å². The molecule has 0 aromatic heterocycles. The minimum Gasteiger partial charge on any atom is -0.480 e. The van der Waals surface area contributed by atoms with Crippen LogP contribution in [0.2, 0.25) is 0 Å². The molecule has 2 aromatic rings. The maximum Gasteiger partial charge on any atom is 0.327 e. The zero-order valence-electron chi connectivity index (χ0n) is 37.7. The van der Waals surface area contributed by atoms with E-state index in [-0.39, 0.29) is 39.2 Å². The van der Waals surface area contributed by atoms with E-state index in [0.717, 1.165) is 16.8 Å². The number of carboxylic acids is 1. The van der Waals surface area contributed by atoms with Gasteiger partial charge in [-0.2, -0.15) is 8.61 Å². The Morgan fingerprint density at radius 2 is 1.09 bits per heavy atom. The molecule has 5 amide bonds. The maximum atomic E-state index is 13.9. The number of rotatable bonds is 11. The van der Waals surface area contributed by atoms with Crippen LogP contribution in [0.3, 0.4) is 0 Å². The molecule has 5 fully saturated rings. The Morgan fingerprint density at radius 3 is 1.52 bits per heavy atom. The molecule has 5 heterocycles. The lowest BCUT2D eigenvalue weighted by Crippen LogP contribution is -2.68. The lowest BCUT2D eigenvalue weighted by atomic mass is 9.94. The summed E-state index contributed by atoms with van der Waals surface area (Å²) in [7, 11) is -7.25. The van der Waals surface area contributed by atoms with Gasteiger partial charge in [0, 0.05) is 56.0 Å². The number of ether oxygens (including phenoxy) is 2. The summed E-state index contributed by atoms with van der Waals surface area (Å²) in [6.07, 6.45) is 5.57. The molecule has 0 bridgehead atoms. The quantitative estimate of drug-likeness (QED) is 0.220. The van der Waals surface area contributed by atoms with Gasteiger partial charge in [-0.05, 0) is 56.9 Å². The van der Waals surface area contributed by atoms with Crippen molar-refractivity contribution in [1.29, 1.82) is 0 Å². The van der Waals surface area contributed by atoms with Gasteiger partial charge in [-0.15, -0.1) is 0 Å². The van der Waals surface area contributed by atoms with Crippen molar-refractivity contribution in [3.05, 3.63) is 71.8 Å². The number of carbonyl (C=O) groups is 7. The van der Waals surface area contributed by atoms with Crippen molar-refractivity contribution in [3.8, 4) is 0 Å². The van der Waals surface area contributed by atoms with Crippen LogP contribution in [-0.4, -0.2) is 176 Å². The number of sulfonamides is 2. The van der Waals surface area contributed by atoms with Crippen molar-refractivity contribution in [2.45, 2.75) is 113 Å². The van der Waals surface area contributed by atoms with Gasteiger partial charge in [0.2, 0.25) is 44.1 Å². The lowest BCUT2D eigenvalue weighted by molar-refractivity contribution is -0.165. The number of esters is 1. The van der Waals surface area contributed by atoms with Crippen LogP contribution < -0.4 is 16.0 Å². The van der Waals surface area contributed by atoms with E-state index >= 15 is 0 Å². The number of hydrogen-bond acceptors (Lipinski definition) is 13. The highest BCUT2D eigenvalue weighted by molar-refractivity contribution is 7.88. The van der Waals surface area contributed by atoms with Gasteiger partial charge in [-0.25, -0.2) is 21.6 Å². The van der Waals surface area contributed by atoms with Gasteiger partial charge in [0.15, 0.2) is 0 Å². The topological polar surface area (TPSA) is 276 Å². The fourth-order valence-electron chi connectivity index (χ4n) is 9.18. The fourth-order valence-corrected chi connectivity index (χ4v) is 10.9. The fraction of sp³-hybridized carbons (Fsp3) is 0.568. The van der Waals surface area contributed by atoms with Crippen LogP contribution in [0, 0.1) is 0 Å².